The van der Waals surface area contributed by atoms with Crippen LogP contribution in [0.1, 0.15) is 18.9 Å². The first-order valence-electron chi connectivity index (χ1n) is 6.36. The van der Waals surface area contributed by atoms with E-state index in [1.165, 1.54) is 11.6 Å². The zero-order valence-corrected chi connectivity index (χ0v) is 10.9. The van der Waals surface area contributed by atoms with Crippen LogP contribution in [0, 0.1) is 11.6 Å². The summed E-state index contributed by atoms with van der Waals surface area (Å²) < 4.78 is 26.0. The second-order valence-corrected chi connectivity index (χ2v) is 4.43. The normalized spacial score (nSPS) is 11.1. The maximum absolute atomic E-state index is 13.2. The van der Waals surface area contributed by atoms with E-state index in [1.54, 1.807) is 6.07 Å². The molecule has 0 aliphatic carbocycles. The van der Waals surface area contributed by atoms with Gasteiger partial charge in [-0.15, -0.1) is 0 Å². The summed E-state index contributed by atoms with van der Waals surface area (Å²) in [6, 6.07) is 11.9. The smallest absolute Gasteiger partial charge is 0.159 e. The molecule has 19 heavy (non-hydrogen) atoms. The fourth-order valence-electron chi connectivity index (χ4n) is 1.96. The van der Waals surface area contributed by atoms with Gasteiger partial charge in [0.2, 0.25) is 0 Å². The number of hydrogen-bond acceptors (Lipinski definition) is 0. The van der Waals surface area contributed by atoms with Gasteiger partial charge in [0.25, 0.3) is 0 Å². The molecule has 0 aliphatic heterocycles. The number of rotatable bonds is 4. The third-order valence-electron chi connectivity index (χ3n) is 3.04. The summed E-state index contributed by atoms with van der Waals surface area (Å²) in [6.07, 6.45) is 6.17. The number of benzene rings is 2. The van der Waals surface area contributed by atoms with E-state index in [2.05, 4.69) is 6.08 Å². The Kier molecular flexibility index (Phi) is 4.45. The number of hydrogen-bond donors (Lipinski definition) is 0. The highest BCUT2D eigenvalue weighted by Gasteiger charge is 2.04. The lowest BCUT2D eigenvalue weighted by atomic mass is 10.0. The van der Waals surface area contributed by atoms with E-state index in [1.807, 2.05) is 37.3 Å². The first kappa shape index (κ1) is 13.5. The van der Waals surface area contributed by atoms with Crippen molar-refractivity contribution in [2.24, 2.45) is 0 Å². The molecule has 0 aromatic heterocycles. The van der Waals surface area contributed by atoms with Gasteiger partial charge in [0.1, 0.15) is 0 Å². The van der Waals surface area contributed by atoms with Crippen LogP contribution in [-0.2, 0) is 6.42 Å². The van der Waals surface area contributed by atoms with Crippen LogP contribution in [0.3, 0.4) is 0 Å². The fraction of sp³-hybridized carbons (Fsp3) is 0.176. The van der Waals surface area contributed by atoms with Crippen molar-refractivity contribution in [3.8, 4) is 11.1 Å². The van der Waals surface area contributed by atoms with Crippen molar-refractivity contribution in [2.45, 2.75) is 19.8 Å². The van der Waals surface area contributed by atoms with Gasteiger partial charge in [0, 0.05) is 0 Å². The average Bonchev–Trinajstić information content (AvgIpc) is 2.43. The van der Waals surface area contributed by atoms with Crippen LogP contribution in [0.2, 0.25) is 0 Å². The maximum atomic E-state index is 13.2. The number of halogens is 2. The van der Waals surface area contributed by atoms with E-state index < -0.39 is 11.6 Å². The minimum absolute atomic E-state index is 0.693. The third-order valence-corrected chi connectivity index (χ3v) is 3.04. The molecule has 0 nitrogen and oxygen atoms in total. The van der Waals surface area contributed by atoms with E-state index in [-0.39, 0.29) is 0 Å². The van der Waals surface area contributed by atoms with Gasteiger partial charge in [-0.2, -0.15) is 0 Å². The molecule has 0 aliphatic rings. The Bertz CT molecular complexity index is 568. The van der Waals surface area contributed by atoms with Crippen molar-refractivity contribution in [1.29, 1.82) is 0 Å². The zero-order valence-electron chi connectivity index (χ0n) is 10.9. The van der Waals surface area contributed by atoms with Gasteiger partial charge in [0.05, 0.1) is 0 Å². The summed E-state index contributed by atoms with van der Waals surface area (Å²) in [6.45, 7) is 2.01. The van der Waals surface area contributed by atoms with E-state index in [9.17, 15) is 8.78 Å². The number of allylic oxidation sites excluding steroid dienone is 2. The molecule has 0 fully saturated rings. The molecule has 2 aromatic carbocycles. The van der Waals surface area contributed by atoms with Gasteiger partial charge in [-0.1, -0.05) is 42.5 Å². The second kappa shape index (κ2) is 6.28. The van der Waals surface area contributed by atoms with Crippen LogP contribution in [-0.4, -0.2) is 0 Å². The Morgan fingerprint density at radius 3 is 2.21 bits per heavy atom. The Balaban J connectivity index is 2.15. The van der Waals surface area contributed by atoms with Gasteiger partial charge in [-0.3, -0.25) is 0 Å². The first-order valence-corrected chi connectivity index (χ1v) is 6.36. The average molecular weight is 258 g/mol. The largest absolute Gasteiger partial charge is 0.204 e. The van der Waals surface area contributed by atoms with Crippen LogP contribution in [0.15, 0.2) is 54.6 Å². The van der Waals surface area contributed by atoms with E-state index in [0.29, 0.717) is 5.56 Å². The summed E-state index contributed by atoms with van der Waals surface area (Å²) >= 11 is 0. The topological polar surface area (TPSA) is 0 Å². The molecule has 0 unspecified atom stereocenters. The predicted octanol–water partition coefficient (Wildman–Crippen LogP) is 5.14. The molecule has 0 N–H and O–H groups in total. The monoisotopic (exact) mass is 258 g/mol. The van der Waals surface area contributed by atoms with Crippen LogP contribution < -0.4 is 0 Å². The Hall–Kier alpha value is -1.96. The quantitative estimate of drug-likeness (QED) is 0.666. The van der Waals surface area contributed by atoms with Crippen molar-refractivity contribution in [2.75, 3.05) is 0 Å². The molecule has 0 saturated heterocycles. The van der Waals surface area contributed by atoms with Gasteiger partial charge in [0.15, 0.2) is 11.6 Å². The molecule has 0 atom stereocenters. The molecule has 0 radical (unpaired) electrons. The van der Waals surface area contributed by atoms with Gasteiger partial charge in [-0.05, 0) is 48.6 Å². The maximum Gasteiger partial charge on any atom is 0.159 e. The molecule has 98 valence electrons. The molecule has 0 amide bonds. The molecular weight excluding hydrogens is 242 g/mol. The van der Waals surface area contributed by atoms with Crippen molar-refractivity contribution >= 4 is 0 Å². The predicted molar refractivity (Wildman–Crippen MR) is 74.9 cm³/mol. The molecule has 2 rings (SSSR count). The summed E-state index contributed by atoms with van der Waals surface area (Å²) in [5.41, 5.74) is 2.83. The highest BCUT2D eigenvalue weighted by Crippen LogP contribution is 2.22. The van der Waals surface area contributed by atoms with Crippen LogP contribution in [0.5, 0.6) is 0 Å². The first-order chi connectivity index (χ1) is 9.20. The molecule has 0 bridgehead atoms. The Labute approximate surface area is 112 Å². The lowest BCUT2D eigenvalue weighted by Crippen LogP contribution is -1.87. The summed E-state index contributed by atoms with van der Waals surface area (Å²) in [7, 11) is 0. The van der Waals surface area contributed by atoms with Gasteiger partial charge in [-0.25, -0.2) is 8.78 Å². The standard InChI is InChI=1S/C17H16F2/c1-2-3-4-5-13-6-8-14(9-7-13)15-10-11-16(18)17(19)12-15/h2-3,6-12H,4-5H2,1H3. The Morgan fingerprint density at radius 1 is 0.895 bits per heavy atom. The van der Waals surface area contributed by atoms with E-state index >= 15 is 0 Å². The summed E-state index contributed by atoms with van der Waals surface area (Å²) in [4.78, 5) is 0. The van der Waals surface area contributed by atoms with Crippen molar-refractivity contribution in [1.82, 2.24) is 0 Å². The highest BCUT2D eigenvalue weighted by atomic mass is 19.2. The summed E-state index contributed by atoms with van der Waals surface area (Å²) in [5.74, 6) is -1.62. The molecule has 0 saturated carbocycles. The van der Waals surface area contributed by atoms with Crippen molar-refractivity contribution in [3.63, 3.8) is 0 Å². The number of aryl methyl sites for hydroxylation is 1. The molecule has 2 aromatic rings. The third kappa shape index (κ3) is 3.50. The fourth-order valence-corrected chi connectivity index (χ4v) is 1.96. The van der Waals surface area contributed by atoms with Crippen LogP contribution in [0.4, 0.5) is 8.78 Å². The summed E-state index contributed by atoms with van der Waals surface area (Å²) in [5, 5.41) is 0. The molecule has 0 spiro atoms. The van der Waals surface area contributed by atoms with E-state index in [0.717, 1.165) is 24.5 Å². The highest BCUT2D eigenvalue weighted by molar-refractivity contribution is 5.63. The minimum Gasteiger partial charge on any atom is -0.204 e. The minimum atomic E-state index is -0.813. The zero-order chi connectivity index (χ0) is 13.7. The lowest BCUT2D eigenvalue weighted by molar-refractivity contribution is 0.509. The van der Waals surface area contributed by atoms with Gasteiger partial charge < -0.3 is 0 Å². The lowest BCUT2D eigenvalue weighted by Gasteiger charge is -2.04. The SMILES string of the molecule is CC=CCCc1ccc(-c2ccc(F)c(F)c2)cc1. The molecular formula is C17H16F2. The van der Waals surface area contributed by atoms with Crippen molar-refractivity contribution < 1.29 is 8.78 Å². The Morgan fingerprint density at radius 2 is 1.58 bits per heavy atom. The molecule has 2 heteroatoms. The van der Waals surface area contributed by atoms with Crippen LogP contribution in [0.25, 0.3) is 11.1 Å². The van der Waals surface area contributed by atoms with Gasteiger partial charge >= 0.3 is 0 Å². The van der Waals surface area contributed by atoms with E-state index in [4.69, 9.17) is 0 Å². The second-order valence-electron chi connectivity index (χ2n) is 4.43. The molecule has 0 heterocycles. The van der Waals surface area contributed by atoms with Crippen LogP contribution >= 0.6 is 0 Å². The van der Waals surface area contributed by atoms with Crippen molar-refractivity contribution in [3.05, 3.63) is 71.8 Å².